The van der Waals surface area contributed by atoms with Crippen LogP contribution in [0.2, 0.25) is 0 Å². The van der Waals surface area contributed by atoms with Crippen LogP contribution < -0.4 is 10.9 Å². The number of para-hydroxylation sites is 1. The molecule has 0 bridgehead atoms. The van der Waals surface area contributed by atoms with Crippen molar-refractivity contribution >= 4 is 59.8 Å². The number of nitrogens with one attached hydrogen (secondary N) is 1. The fourth-order valence-electron chi connectivity index (χ4n) is 3.44. The van der Waals surface area contributed by atoms with Crippen LogP contribution in [0.3, 0.4) is 0 Å². The fraction of sp³-hybridized carbons (Fsp3) is 0.0500. The largest absolute Gasteiger partial charge is 0.506 e. The molecule has 8 nitrogen and oxygen atoms in total. The summed E-state index contributed by atoms with van der Waals surface area (Å²) in [6.45, 7) is 0.201. The van der Waals surface area contributed by atoms with Crippen molar-refractivity contribution in [3.05, 3.63) is 79.3 Å². The Morgan fingerprint density at radius 2 is 1.94 bits per heavy atom. The quantitative estimate of drug-likeness (QED) is 0.430. The molecule has 11 heteroatoms. The maximum Gasteiger partial charge on any atom is 0.286 e. The van der Waals surface area contributed by atoms with Gasteiger partial charge in [-0.25, -0.2) is 4.98 Å². The van der Waals surface area contributed by atoms with Crippen LogP contribution in [0.1, 0.15) is 10.4 Å². The van der Waals surface area contributed by atoms with Crippen LogP contribution in [0.25, 0.3) is 11.0 Å². The van der Waals surface area contributed by atoms with Gasteiger partial charge in [0.2, 0.25) is 0 Å². The van der Waals surface area contributed by atoms with Crippen molar-refractivity contribution < 1.29 is 13.5 Å². The topological polar surface area (TPSA) is 114 Å². The van der Waals surface area contributed by atoms with Crippen LogP contribution in [-0.2, 0) is 16.6 Å². The smallest absolute Gasteiger partial charge is 0.286 e. The monoisotopic (exact) mass is 516 g/mol. The van der Waals surface area contributed by atoms with Crippen LogP contribution >= 0.6 is 27.3 Å². The van der Waals surface area contributed by atoms with Crippen LogP contribution in [0, 0.1) is 0 Å². The number of amidine groups is 1. The minimum Gasteiger partial charge on any atom is -0.506 e. The summed E-state index contributed by atoms with van der Waals surface area (Å²) in [6, 6.07) is 13.2. The zero-order chi connectivity index (χ0) is 21.8. The van der Waals surface area contributed by atoms with E-state index in [-0.39, 0.29) is 39.9 Å². The van der Waals surface area contributed by atoms with Gasteiger partial charge in [-0.2, -0.15) is 8.42 Å². The van der Waals surface area contributed by atoms with Gasteiger partial charge in [0.25, 0.3) is 15.6 Å². The predicted octanol–water partition coefficient (Wildman–Crippen LogP) is 3.54. The first-order chi connectivity index (χ1) is 14.8. The molecule has 156 valence electrons. The van der Waals surface area contributed by atoms with Gasteiger partial charge in [0.05, 0.1) is 21.4 Å². The number of nitrogens with zero attached hydrogens (tertiary/aromatic N) is 3. The van der Waals surface area contributed by atoms with Gasteiger partial charge in [-0.15, -0.1) is 15.7 Å². The van der Waals surface area contributed by atoms with E-state index < -0.39 is 15.6 Å². The Morgan fingerprint density at radius 1 is 1.13 bits per heavy atom. The van der Waals surface area contributed by atoms with Crippen molar-refractivity contribution in [1.82, 2.24) is 9.55 Å². The number of thiophene rings is 1. The Balaban J connectivity index is 1.77. The first kappa shape index (κ1) is 19.9. The summed E-state index contributed by atoms with van der Waals surface area (Å²) >= 11 is 4.87. The predicted molar refractivity (Wildman–Crippen MR) is 123 cm³/mol. The Bertz CT molecular complexity index is 1560. The molecule has 3 aromatic heterocycles. The zero-order valence-corrected chi connectivity index (χ0v) is 18.8. The first-order valence-electron chi connectivity index (χ1n) is 9.01. The molecule has 1 aromatic carbocycles. The van der Waals surface area contributed by atoms with Crippen molar-refractivity contribution in [1.29, 1.82) is 0 Å². The molecule has 0 fully saturated rings. The molecule has 1 aliphatic heterocycles. The number of aromatic nitrogens is 2. The normalized spacial score (nSPS) is 14.7. The second-order valence-electron chi connectivity index (χ2n) is 6.73. The molecule has 0 radical (unpaired) electrons. The molecule has 0 spiro atoms. The molecule has 0 atom stereocenters. The summed E-state index contributed by atoms with van der Waals surface area (Å²) in [5.41, 5.74) is -0.257. The van der Waals surface area contributed by atoms with Gasteiger partial charge >= 0.3 is 0 Å². The van der Waals surface area contributed by atoms with E-state index in [1.807, 2.05) is 12.1 Å². The second kappa shape index (κ2) is 7.29. The maximum absolute atomic E-state index is 13.5. The first-order valence-corrected chi connectivity index (χ1v) is 12.1. The van der Waals surface area contributed by atoms with E-state index in [2.05, 4.69) is 30.6 Å². The minimum atomic E-state index is -4.05. The van der Waals surface area contributed by atoms with Crippen molar-refractivity contribution in [3.8, 4) is 5.75 Å². The van der Waals surface area contributed by atoms with E-state index in [0.29, 0.717) is 5.39 Å². The van der Waals surface area contributed by atoms with Gasteiger partial charge in [-0.1, -0.05) is 12.1 Å². The molecule has 0 unspecified atom stereocenters. The van der Waals surface area contributed by atoms with Gasteiger partial charge in [-0.05, 0) is 52.3 Å². The highest BCUT2D eigenvalue weighted by Crippen LogP contribution is 2.32. The number of aromatic hydroxyl groups is 1. The number of pyridine rings is 2. The highest BCUT2D eigenvalue weighted by molar-refractivity contribution is 9.11. The minimum absolute atomic E-state index is 0.00413. The molecule has 4 heterocycles. The number of hydrogen-bond donors (Lipinski definition) is 2. The molecule has 2 N–H and O–H groups in total. The van der Waals surface area contributed by atoms with Crippen molar-refractivity contribution in [2.75, 3.05) is 5.32 Å². The van der Waals surface area contributed by atoms with Gasteiger partial charge in [0.1, 0.15) is 21.9 Å². The molecule has 0 saturated carbocycles. The molecule has 0 amide bonds. The lowest BCUT2D eigenvalue weighted by Gasteiger charge is -2.20. The number of benzene rings is 1. The summed E-state index contributed by atoms with van der Waals surface area (Å²) < 4.78 is 31.5. The van der Waals surface area contributed by atoms with Crippen molar-refractivity contribution in [2.45, 2.75) is 11.4 Å². The second-order valence-corrected chi connectivity index (χ2v) is 10.9. The number of rotatable bonds is 3. The lowest BCUT2D eigenvalue weighted by atomic mass is 10.1. The highest BCUT2D eigenvalue weighted by atomic mass is 79.9. The summed E-state index contributed by atoms with van der Waals surface area (Å²) in [5.74, 6) is -0.606. The Labute approximate surface area is 188 Å². The standard InChI is InChI=1S/C20H13BrN4O4S2/c21-15-8-7-11(30-15)10-25-19-12(4-3-9-22-19)17(26)16(20(25)27)18-23-13-5-1-2-6-14(13)31(28,29)24-18/h1-9,26H,10H2,(H,23,24). The average Bonchev–Trinajstić information content (AvgIpc) is 3.16. The number of hydrogen-bond acceptors (Lipinski definition) is 7. The highest BCUT2D eigenvalue weighted by Gasteiger charge is 2.29. The fourth-order valence-corrected chi connectivity index (χ4v) is 6.03. The number of fused-ring (bicyclic) bond motifs is 2. The molecule has 0 saturated heterocycles. The Hall–Kier alpha value is -3.02. The summed E-state index contributed by atoms with van der Waals surface area (Å²) in [4.78, 5) is 18.6. The lowest BCUT2D eigenvalue weighted by Crippen LogP contribution is -2.33. The molecule has 0 aliphatic carbocycles. The lowest BCUT2D eigenvalue weighted by molar-refractivity contribution is 0.477. The molecule has 1 aliphatic rings. The summed E-state index contributed by atoms with van der Waals surface area (Å²) in [5, 5.41) is 14.1. The summed E-state index contributed by atoms with van der Waals surface area (Å²) in [7, 11) is -4.05. The molecule has 4 aromatic rings. The van der Waals surface area contributed by atoms with Crippen LogP contribution in [0.4, 0.5) is 5.69 Å². The van der Waals surface area contributed by atoms with E-state index in [4.69, 9.17) is 0 Å². The van der Waals surface area contributed by atoms with E-state index >= 15 is 0 Å². The van der Waals surface area contributed by atoms with Gasteiger partial charge in [0, 0.05) is 11.1 Å². The van der Waals surface area contributed by atoms with E-state index in [1.165, 1.54) is 28.2 Å². The maximum atomic E-state index is 13.5. The number of sulfonamides is 1. The van der Waals surface area contributed by atoms with Gasteiger partial charge in [-0.3, -0.25) is 9.36 Å². The van der Waals surface area contributed by atoms with Crippen LogP contribution in [0.5, 0.6) is 5.75 Å². The van der Waals surface area contributed by atoms with Gasteiger partial charge < -0.3 is 10.4 Å². The third-order valence-corrected chi connectivity index (χ3v) is 7.75. The molecule has 31 heavy (non-hydrogen) atoms. The third kappa shape index (κ3) is 3.34. The zero-order valence-electron chi connectivity index (χ0n) is 15.6. The van der Waals surface area contributed by atoms with E-state index in [0.717, 1.165) is 8.66 Å². The van der Waals surface area contributed by atoms with E-state index in [1.54, 1.807) is 30.3 Å². The molecule has 5 rings (SSSR count). The SMILES string of the molecule is O=c1c(C2=NS(=O)(=O)c3ccccc3N2)c(O)c2cccnc2n1Cc1ccc(Br)s1. The third-order valence-electron chi connectivity index (χ3n) is 4.80. The Morgan fingerprint density at radius 3 is 2.71 bits per heavy atom. The van der Waals surface area contributed by atoms with Gasteiger partial charge in [0.15, 0.2) is 5.84 Å². The number of anilines is 1. The van der Waals surface area contributed by atoms with E-state index in [9.17, 15) is 18.3 Å². The summed E-state index contributed by atoms with van der Waals surface area (Å²) in [6.07, 6.45) is 1.53. The van der Waals surface area contributed by atoms with Crippen molar-refractivity contribution in [2.24, 2.45) is 4.40 Å². The average molecular weight is 517 g/mol. The Kier molecular flexibility index (Phi) is 4.68. The van der Waals surface area contributed by atoms with Crippen molar-refractivity contribution in [3.63, 3.8) is 0 Å². The molecular formula is C20H13BrN4O4S2. The molecular weight excluding hydrogens is 504 g/mol. The van der Waals surface area contributed by atoms with Crippen LogP contribution in [0.15, 0.2) is 72.6 Å². The number of halogens is 1. The van der Waals surface area contributed by atoms with Crippen LogP contribution in [-0.4, -0.2) is 28.9 Å².